The summed E-state index contributed by atoms with van der Waals surface area (Å²) in [6.45, 7) is 5.40. The highest BCUT2D eigenvalue weighted by Crippen LogP contribution is 2.21. The van der Waals surface area contributed by atoms with Gasteiger partial charge in [0.05, 0.1) is 6.26 Å². The number of hydrogen-bond acceptors (Lipinski definition) is 4. The van der Waals surface area contributed by atoms with Gasteiger partial charge in [0, 0.05) is 56.4 Å². The summed E-state index contributed by atoms with van der Waals surface area (Å²) in [7, 11) is -3.26. The van der Waals surface area contributed by atoms with Gasteiger partial charge in [-0.15, -0.1) is 0 Å². The van der Waals surface area contributed by atoms with E-state index in [4.69, 9.17) is 11.6 Å². The Morgan fingerprint density at radius 2 is 1.88 bits per heavy atom. The predicted octanol–water partition coefficient (Wildman–Crippen LogP) is 2.05. The molecule has 1 heterocycles. The molecule has 2 rings (SSSR count). The van der Waals surface area contributed by atoms with Crippen LogP contribution in [0.4, 0.5) is 5.69 Å². The summed E-state index contributed by atoms with van der Waals surface area (Å²) >= 11 is 6.03. The maximum atomic E-state index is 12.4. The van der Waals surface area contributed by atoms with Crippen molar-refractivity contribution in [2.75, 3.05) is 50.4 Å². The Bertz CT molecular complexity index is 688. The van der Waals surface area contributed by atoms with Crippen molar-refractivity contribution in [1.82, 2.24) is 9.21 Å². The molecule has 0 bridgehead atoms. The second-order valence-corrected chi connectivity index (χ2v) is 8.68. The number of halogens is 1. The molecule has 1 saturated heterocycles. The second kappa shape index (κ2) is 8.87. The Kier molecular flexibility index (Phi) is 7.10. The molecule has 1 aromatic carbocycles. The van der Waals surface area contributed by atoms with Crippen molar-refractivity contribution in [3.05, 3.63) is 29.3 Å². The topological polar surface area (TPSA) is 60.9 Å². The lowest BCUT2D eigenvalue weighted by Crippen LogP contribution is -2.49. The van der Waals surface area contributed by atoms with Crippen LogP contribution >= 0.6 is 11.6 Å². The molecular formula is C17H26ClN3O3S. The van der Waals surface area contributed by atoms with E-state index >= 15 is 0 Å². The Morgan fingerprint density at radius 1 is 1.20 bits per heavy atom. The molecule has 0 atom stereocenters. The molecule has 0 aromatic heterocycles. The van der Waals surface area contributed by atoms with Crippen LogP contribution in [0.25, 0.3) is 0 Å². The van der Waals surface area contributed by atoms with Crippen LogP contribution in [0, 0.1) is 0 Å². The standard InChI is InChI=1S/C17H26ClN3O3S/c1-3-8-21(25(2,23)24)9-7-17(22)20-12-10-19(11-13-20)16-6-4-5-15(18)14-16/h4-6,14H,3,7-13H2,1-2H3. The maximum absolute atomic E-state index is 12.4. The molecule has 1 aromatic rings. The van der Waals surface area contributed by atoms with Crippen LogP contribution < -0.4 is 4.90 Å². The summed E-state index contributed by atoms with van der Waals surface area (Å²) in [5, 5.41) is 0.702. The molecule has 0 aliphatic carbocycles. The summed E-state index contributed by atoms with van der Waals surface area (Å²) in [6, 6.07) is 7.70. The van der Waals surface area contributed by atoms with Gasteiger partial charge in [-0.05, 0) is 24.6 Å². The van der Waals surface area contributed by atoms with Crippen molar-refractivity contribution in [2.24, 2.45) is 0 Å². The fourth-order valence-electron chi connectivity index (χ4n) is 2.96. The van der Waals surface area contributed by atoms with Crippen molar-refractivity contribution >= 4 is 33.2 Å². The Morgan fingerprint density at radius 3 is 2.44 bits per heavy atom. The van der Waals surface area contributed by atoms with Gasteiger partial charge in [-0.3, -0.25) is 4.79 Å². The minimum atomic E-state index is -3.26. The normalized spacial score (nSPS) is 15.7. The smallest absolute Gasteiger partial charge is 0.224 e. The largest absolute Gasteiger partial charge is 0.368 e. The number of benzene rings is 1. The van der Waals surface area contributed by atoms with E-state index in [1.54, 1.807) is 0 Å². The SMILES string of the molecule is CCCN(CCC(=O)N1CCN(c2cccc(Cl)c2)CC1)S(C)(=O)=O. The minimum Gasteiger partial charge on any atom is -0.368 e. The highest BCUT2D eigenvalue weighted by atomic mass is 35.5. The van der Waals surface area contributed by atoms with E-state index in [-0.39, 0.29) is 18.9 Å². The fraction of sp³-hybridized carbons (Fsp3) is 0.588. The first-order valence-corrected chi connectivity index (χ1v) is 10.8. The van der Waals surface area contributed by atoms with Crippen molar-refractivity contribution < 1.29 is 13.2 Å². The second-order valence-electron chi connectivity index (χ2n) is 6.26. The number of sulfonamides is 1. The van der Waals surface area contributed by atoms with E-state index in [0.29, 0.717) is 24.7 Å². The molecule has 0 radical (unpaired) electrons. The third-order valence-corrected chi connectivity index (χ3v) is 5.86. The first kappa shape index (κ1) is 20.0. The van der Waals surface area contributed by atoms with Crippen molar-refractivity contribution in [2.45, 2.75) is 19.8 Å². The highest BCUT2D eigenvalue weighted by Gasteiger charge is 2.23. The van der Waals surface area contributed by atoms with Crippen LogP contribution in [0.3, 0.4) is 0 Å². The highest BCUT2D eigenvalue weighted by molar-refractivity contribution is 7.88. The van der Waals surface area contributed by atoms with E-state index < -0.39 is 10.0 Å². The summed E-state index contributed by atoms with van der Waals surface area (Å²) in [4.78, 5) is 16.4. The first-order valence-electron chi connectivity index (χ1n) is 8.54. The summed E-state index contributed by atoms with van der Waals surface area (Å²) in [6.07, 6.45) is 2.15. The van der Waals surface area contributed by atoms with Crippen LogP contribution in [0.2, 0.25) is 5.02 Å². The Balaban J connectivity index is 1.84. The number of amides is 1. The molecule has 1 fully saturated rings. The maximum Gasteiger partial charge on any atom is 0.224 e. The van der Waals surface area contributed by atoms with Gasteiger partial charge in [-0.1, -0.05) is 24.6 Å². The number of hydrogen-bond donors (Lipinski definition) is 0. The van der Waals surface area contributed by atoms with E-state index in [2.05, 4.69) is 4.90 Å². The van der Waals surface area contributed by atoms with E-state index in [0.717, 1.165) is 25.2 Å². The van der Waals surface area contributed by atoms with E-state index in [9.17, 15) is 13.2 Å². The number of carbonyl (C=O) groups excluding carboxylic acids is 1. The van der Waals surface area contributed by atoms with Gasteiger partial charge in [0.1, 0.15) is 0 Å². The molecule has 0 unspecified atom stereocenters. The lowest BCUT2D eigenvalue weighted by Gasteiger charge is -2.36. The molecule has 25 heavy (non-hydrogen) atoms. The molecule has 0 N–H and O–H groups in total. The van der Waals surface area contributed by atoms with Crippen molar-refractivity contribution in [3.63, 3.8) is 0 Å². The van der Waals surface area contributed by atoms with Gasteiger partial charge in [0.15, 0.2) is 0 Å². The van der Waals surface area contributed by atoms with Crippen LogP contribution in [0.15, 0.2) is 24.3 Å². The van der Waals surface area contributed by atoms with Gasteiger partial charge in [-0.2, -0.15) is 0 Å². The average molecular weight is 388 g/mol. The lowest BCUT2D eigenvalue weighted by molar-refractivity contribution is -0.131. The Hall–Kier alpha value is -1.31. The Labute approximate surface area is 155 Å². The molecule has 140 valence electrons. The van der Waals surface area contributed by atoms with Crippen LogP contribution in [-0.2, 0) is 14.8 Å². The predicted molar refractivity (Wildman–Crippen MR) is 102 cm³/mol. The van der Waals surface area contributed by atoms with Gasteiger partial charge >= 0.3 is 0 Å². The number of piperazine rings is 1. The molecule has 6 nitrogen and oxygen atoms in total. The lowest BCUT2D eigenvalue weighted by atomic mass is 10.2. The zero-order chi connectivity index (χ0) is 18.4. The van der Waals surface area contributed by atoms with Gasteiger partial charge in [0.25, 0.3) is 0 Å². The molecule has 1 aliphatic heterocycles. The molecule has 0 spiro atoms. The number of nitrogens with zero attached hydrogens (tertiary/aromatic N) is 3. The minimum absolute atomic E-state index is 0.00972. The van der Waals surface area contributed by atoms with E-state index in [1.165, 1.54) is 10.6 Å². The molecular weight excluding hydrogens is 362 g/mol. The third kappa shape index (κ3) is 5.87. The van der Waals surface area contributed by atoms with Crippen molar-refractivity contribution in [3.8, 4) is 0 Å². The third-order valence-electron chi connectivity index (χ3n) is 4.32. The quantitative estimate of drug-likeness (QED) is 0.718. The van der Waals surface area contributed by atoms with E-state index in [1.807, 2.05) is 36.1 Å². The van der Waals surface area contributed by atoms with Crippen LogP contribution in [0.1, 0.15) is 19.8 Å². The molecule has 8 heteroatoms. The monoisotopic (exact) mass is 387 g/mol. The summed E-state index contributed by atoms with van der Waals surface area (Å²) < 4.78 is 24.8. The fourth-order valence-corrected chi connectivity index (χ4v) is 4.08. The number of rotatable bonds is 7. The summed E-state index contributed by atoms with van der Waals surface area (Å²) in [5.41, 5.74) is 1.06. The first-order chi connectivity index (χ1) is 11.8. The summed E-state index contributed by atoms with van der Waals surface area (Å²) in [5.74, 6) is 0.00972. The van der Waals surface area contributed by atoms with Gasteiger partial charge in [0.2, 0.25) is 15.9 Å². The average Bonchev–Trinajstić information content (AvgIpc) is 2.57. The van der Waals surface area contributed by atoms with Crippen LogP contribution in [-0.4, -0.2) is 69.1 Å². The molecule has 1 aliphatic rings. The van der Waals surface area contributed by atoms with Gasteiger partial charge in [-0.25, -0.2) is 12.7 Å². The molecule has 1 amide bonds. The zero-order valence-corrected chi connectivity index (χ0v) is 16.4. The van der Waals surface area contributed by atoms with Gasteiger partial charge < -0.3 is 9.80 Å². The molecule has 0 saturated carbocycles. The number of carbonyl (C=O) groups is 1. The zero-order valence-electron chi connectivity index (χ0n) is 14.8. The van der Waals surface area contributed by atoms with Crippen LogP contribution in [0.5, 0.6) is 0 Å². The number of anilines is 1. The van der Waals surface area contributed by atoms with Crippen molar-refractivity contribution in [1.29, 1.82) is 0 Å².